The summed E-state index contributed by atoms with van der Waals surface area (Å²) >= 11 is 0. The molecule has 5 nitrogen and oxygen atoms in total. The van der Waals surface area contributed by atoms with E-state index in [0.717, 1.165) is 25.4 Å². The molecule has 0 spiro atoms. The number of rotatable bonds is 5. The topological polar surface area (TPSA) is 60.2 Å². The standard InChI is InChI=1S/C13H23N3O2/c1-9(11-5-4-6-14-8-11)7-12-15-13(16-18-12)10(2)17-3/h9-11,14H,4-8H2,1-3H3. The molecule has 102 valence electrons. The van der Waals surface area contributed by atoms with Crippen LogP contribution in [0.25, 0.3) is 0 Å². The molecule has 0 amide bonds. The molecule has 3 atom stereocenters. The van der Waals surface area contributed by atoms with Gasteiger partial charge < -0.3 is 14.6 Å². The van der Waals surface area contributed by atoms with Crippen molar-refractivity contribution in [2.75, 3.05) is 20.2 Å². The molecule has 2 heterocycles. The van der Waals surface area contributed by atoms with Crippen LogP contribution in [-0.4, -0.2) is 30.3 Å². The minimum Gasteiger partial charge on any atom is -0.374 e. The van der Waals surface area contributed by atoms with E-state index in [4.69, 9.17) is 9.26 Å². The molecular formula is C13H23N3O2. The van der Waals surface area contributed by atoms with Gasteiger partial charge >= 0.3 is 0 Å². The Balaban J connectivity index is 1.90. The van der Waals surface area contributed by atoms with Crippen LogP contribution in [0.1, 0.15) is 44.5 Å². The summed E-state index contributed by atoms with van der Waals surface area (Å²) in [5.41, 5.74) is 0. The first-order valence-corrected chi connectivity index (χ1v) is 6.76. The molecule has 1 aromatic rings. The lowest BCUT2D eigenvalue weighted by atomic mass is 9.85. The van der Waals surface area contributed by atoms with E-state index < -0.39 is 0 Å². The lowest BCUT2D eigenvalue weighted by Gasteiger charge is -2.27. The molecule has 3 unspecified atom stereocenters. The number of nitrogens with one attached hydrogen (secondary N) is 1. The van der Waals surface area contributed by atoms with E-state index in [-0.39, 0.29) is 6.10 Å². The van der Waals surface area contributed by atoms with Crippen molar-refractivity contribution in [1.82, 2.24) is 15.5 Å². The minimum atomic E-state index is -0.103. The third kappa shape index (κ3) is 3.29. The molecule has 1 N–H and O–H groups in total. The van der Waals surface area contributed by atoms with Gasteiger partial charge in [-0.05, 0) is 44.7 Å². The van der Waals surface area contributed by atoms with Gasteiger partial charge in [-0.1, -0.05) is 12.1 Å². The van der Waals surface area contributed by atoms with Gasteiger partial charge in [0.25, 0.3) is 0 Å². The molecule has 1 aliphatic heterocycles. The monoisotopic (exact) mass is 253 g/mol. The molecule has 1 aromatic heterocycles. The van der Waals surface area contributed by atoms with E-state index in [1.54, 1.807) is 7.11 Å². The van der Waals surface area contributed by atoms with E-state index in [1.165, 1.54) is 12.8 Å². The molecule has 1 saturated heterocycles. The predicted molar refractivity (Wildman–Crippen MR) is 68.2 cm³/mol. The number of piperidine rings is 1. The van der Waals surface area contributed by atoms with E-state index in [9.17, 15) is 0 Å². The van der Waals surface area contributed by atoms with Crippen molar-refractivity contribution >= 4 is 0 Å². The summed E-state index contributed by atoms with van der Waals surface area (Å²) in [4.78, 5) is 4.39. The van der Waals surface area contributed by atoms with Gasteiger partial charge in [-0.25, -0.2) is 0 Å². The summed E-state index contributed by atoms with van der Waals surface area (Å²) in [5.74, 6) is 2.66. The Kier molecular flexibility index (Phi) is 4.72. The van der Waals surface area contributed by atoms with Crippen molar-refractivity contribution in [3.63, 3.8) is 0 Å². The highest BCUT2D eigenvalue weighted by atomic mass is 16.5. The van der Waals surface area contributed by atoms with Crippen LogP contribution >= 0.6 is 0 Å². The average molecular weight is 253 g/mol. The average Bonchev–Trinajstić information content (AvgIpc) is 2.87. The lowest BCUT2D eigenvalue weighted by molar-refractivity contribution is 0.109. The van der Waals surface area contributed by atoms with Gasteiger partial charge in [-0.2, -0.15) is 4.98 Å². The van der Waals surface area contributed by atoms with E-state index in [0.29, 0.717) is 17.7 Å². The van der Waals surface area contributed by atoms with Crippen molar-refractivity contribution in [3.8, 4) is 0 Å². The maximum absolute atomic E-state index is 5.29. The molecule has 0 aromatic carbocycles. The third-order valence-electron chi connectivity index (χ3n) is 3.84. The van der Waals surface area contributed by atoms with Crippen LogP contribution in [0.4, 0.5) is 0 Å². The van der Waals surface area contributed by atoms with Gasteiger partial charge in [0, 0.05) is 13.5 Å². The van der Waals surface area contributed by atoms with Crippen molar-refractivity contribution in [2.45, 2.75) is 39.2 Å². The first kappa shape index (κ1) is 13.5. The summed E-state index contributed by atoms with van der Waals surface area (Å²) in [6.07, 6.45) is 3.32. The summed E-state index contributed by atoms with van der Waals surface area (Å²) in [6.45, 7) is 6.44. The van der Waals surface area contributed by atoms with Crippen molar-refractivity contribution in [1.29, 1.82) is 0 Å². The van der Waals surface area contributed by atoms with Gasteiger partial charge in [-0.3, -0.25) is 0 Å². The summed E-state index contributed by atoms with van der Waals surface area (Å²) < 4.78 is 10.5. The van der Waals surface area contributed by atoms with Gasteiger partial charge in [0.2, 0.25) is 5.89 Å². The van der Waals surface area contributed by atoms with Gasteiger partial charge in [0.05, 0.1) is 0 Å². The first-order valence-electron chi connectivity index (χ1n) is 6.76. The molecule has 1 fully saturated rings. The highest BCUT2D eigenvalue weighted by Crippen LogP contribution is 2.23. The molecule has 2 rings (SSSR count). The van der Waals surface area contributed by atoms with E-state index in [2.05, 4.69) is 22.4 Å². The number of hydrogen-bond donors (Lipinski definition) is 1. The van der Waals surface area contributed by atoms with Crippen molar-refractivity contribution < 1.29 is 9.26 Å². The van der Waals surface area contributed by atoms with Crippen molar-refractivity contribution in [2.24, 2.45) is 11.8 Å². The fourth-order valence-corrected chi connectivity index (χ4v) is 2.43. The van der Waals surface area contributed by atoms with Gasteiger partial charge in [0.1, 0.15) is 6.10 Å². The summed E-state index contributed by atoms with van der Waals surface area (Å²) in [6, 6.07) is 0. The first-order chi connectivity index (χ1) is 8.70. The molecule has 0 radical (unpaired) electrons. The van der Waals surface area contributed by atoms with E-state index >= 15 is 0 Å². The maximum Gasteiger partial charge on any atom is 0.227 e. The zero-order valence-corrected chi connectivity index (χ0v) is 11.5. The number of nitrogens with zero attached hydrogens (tertiary/aromatic N) is 2. The predicted octanol–water partition coefficient (Wildman–Crippen LogP) is 1.96. The Morgan fingerprint density at radius 2 is 2.33 bits per heavy atom. The second-order valence-corrected chi connectivity index (χ2v) is 5.21. The van der Waals surface area contributed by atoms with Crippen LogP contribution in [0.15, 0.2) is 4.52 Å². The molecule has 5 heteroatoms. The number of methoxy groups -OCH3 is 1. The second kappa shape index (κ2) is 6.29. The van der Waals surface area contributed by atoms with Crippen LogP contribution < -0.4 is 5.32 Å². The lowest BCUT2D eigenvalue weighted by Crippen LogP contribution is -2.33. The number of aromatic nitrogens is 2. The summed E-state index contributed by atoms with van der Waals surface area (Å²) in [7, 11) is 1.65. The Bertz CT molecular complexity index is 361. The fourth-order valence-electron chi connectivity index (χ4n) is 2.43. The number of hydrogen-bond acceptors (Lipinski definition) is 5. The molecule has 18 heavy (non-hydrogen) atoms. The quantitative estimate of drug-likeness (QED) is 0.869. The molecule has 0 aliphatic carbocycles. The maximum atomic E-state index is 5.29. The Morgan fingerprint density at radius 3 is 3.00 bits per heavy atom. The zero-order chi connectivity index (χ0) is 13.0. The molecule has 1 aliphatic rings. The third-order valence-corrected chi connectivity index (χ3v) is 3.84. The van der Waals surface area contributed by atoms with Crippen LogP contribution in [0.2, 0.25) is 0 Å². The van der Waals surface area contributed by atoms with Crippen LogP contribution in [-0.2, 0) is 11.2 Å². The van der Waals surface area contributed by atoms with Gasteiger partial charge in [0.15, 0.2) is 5.82 Å². The van der Waals surface area contributed by atoms with Crippen molar-refractivity contribution in [3.05, 3.63) is 11.7 Å². The minimum absolute atomic E-state index is 0.103. The SMILES string of the molecule is COC(C)c1noc(CC(C)C2CCCNC2)n1. The Morgan fingerprint density at radius 1 is 1.50 bits per heavy atom. The molecule has 0 saturated carbocycles. The van der Waals surface area contributed by atoms with Gasteiger partial charge in [-0.15, -0.1) is 0 Å². The van der Waals surface area contributed by atoms with Crippen LogP contribution in [0, 0.1) is 11.8 Å². The fraction of sp³-hybridized carbons (Fsp3) is 0.846. The second-order valence-electron chi connectivity index (χ2n) is 5.21. The summed E-state index contributed by atoms with van der Waals surface area (Å²) in [5, 5.41) is 7.41. The Hall–Kier alpha value is -0.940. The highest BCUT2D eigenvalue weighted by Gasteiger charge is 2.22. The van der Waals surface area contributed by atoms with Crippen LogP contribution in [0.5, 0.6) is 0 Å². The van der Waals surface area contributed by atoms with E-state index in [1.807, 2.05) is 6.92 Å². The largest absolute Gasteiger partial charge is 0.374 e. The Labute approximate surface area is 108 Å². The molecular weight excluding hydrogens is 230 g/mol. The smallest absolute Gasteiger partial charge is 0.227 e. The highest BCUT2D eigenvalue weighted by molar-refractivity contribution is 4.91. The van der Waals surface area contributed by atoms with Crippen LogP contribution in [0.3, 0.4) is 0 Å². The number of ether oxygens (including phenoxy) is 1. The zero-order valence-electron chi connectivity index (χ0n) is 11.5. The normalized spacial score (nSPS) is 23.8. The molecule has 0 bridgehead atoms.